The number of benzene rings is 1. The molecule has 2 unspecified atom stereocenters. The van der Waals surface area contributed by atoms with E-state index in [1.54, 1.807) is 30.3 Å². The predicted molar refractivity (Wildman–Crippen MR) is 110 cm³/mol. The molecule has 1 aliphatic rings. The summed E-state index contributed by atoms with van der Waals surface area (Å²) in [5.41, 5.74) is 1.13. The van der Waals surface area contributed by atoms with Gasteiger partial charge in [0.2, 0.25) is 5.89 Å². The minimum absolute atomic E-state index is 0.136. The molecule has 154 valence electrons. The van der Waals surface area contributed by atoms with Crippen molar-refractivity contribution in [1.82, 2.24) is 15.1 Å². The van der Waals surface area contributed by atoms with Gasteiger partial charge in [0.15, 0.2) is 0 Å². The van der Waals surface area contributed by atoms with Crippen LogP contribution in [0.25, 0.3) is 21.9 Å². The number of amides is 1. The first-order chi connectivity index (χ1) is 14.3. The Morgan fingerprint density at radius 1 is 1.33 bits per heavy atom. The van der Waals surface area contributed by atoms with Crippen molar-refractivity contribution >= 4 is 28.8 Å². The van der Waals surface area contributed by atoms with Crippen molar-refractivity contribution in [2.24, 2.45) is 7.05 Å². The number of aromatic nitrogens is 2. The van der Waals surface area contributed by atoms with Gasteiger partial charge in [0, 0.05) is 28.1 Å². The molecule has 0 spiro atoms. The van der Waals surface area contributed by atoms with Crippen LogP contribution in [0.1, 0.15) is 9.67 Å². The molecule has 0 fully saturated rings. The van der Waals surface area contributed by atoms with Crippen LogP contribution < -0.4 is 11.1 Å². The molecule has 1 aliphatic carbocycles. The van der Waals surface area contributed by atoms with Crippen molar-refractivity contribution in [2.75, 3.05) is 0 Å². The van der Waals surface area contributed by atoms with Crippen LogP contribution in [0.15, 0.2) is 63.6 Å². The SMILES string of the molecule is Cn1nc(-c2ccc(Cl)c(-c3ccc(C(=O)NC4C(F)=CC=CC4F)s3)c2)oc1=O. The Morgan fingerprint density at radius 2 is 2.13 bits per heavy atom. The fourth-order valence-corrected chi connectivity index (χ4v) is 4.11. The number of alkyl halides is 1. The molecule has 30 heavy (non-hydrogen) atoms. The summed E-state index contributed by atoms with van der Waals surface area (Å²) in [6.07, 6.45) is 1.92. The number of thiophene rings is 1. The van der Waals surface area contributed by atoms with Gasteiger partial charge in [-0.15, -0.1) is 16.4 Å². The van der Waals surface area contributed by atoms with Crippen LogP contribution in [0.3, 0.4) is 0 Å². The average Bonchev–Trinajstić information content (AvgIpc) is 3.32. The van der Waals surface area contributed by atoms with E-state index in [1.165, 1.54) is 19.2 Å². The molecule has 0 saturated carbocycles. The second kappa shape index (κ2) is 8.00. The number of carbonyl (C=O) groups is 1. The number of nitrogens with one attached hydrogen (secondary N) is 1. The molecule has 1 aromatic carbocycles. The van der Waals surface area contributed by atoms with Crippen molar-refractivity contribution in [3.05, 3.63) is 74.8 Å². The van der Waals surface area contributed by atoms with E-state index >= 15 is 0 Å². The van der Waals surface area contributed by atoms with Gasteiger partial charge in [0.05, 0.1) is 4.88 Å². The number of aryl methyl sites for hydroxylation is 1. The van der Waals surface area contributed by atoms with E-state index in [-0.39, 0.29) is 10.8 Å². The van der Waals surface area contributed by atoms with Gasteiger partial charge in [-0.25, -0.2) is 13.6 Å². The minimum atomic E-state index is -1.64. The van der Waals surface area contributed by atoms with E-state index in [4.69, 9.17) is 16.0 Å². The monoisotopic (exact) mass is 449 g/mol. The first-order valence-corrected chi connectivity index (χ1v) is 9.96. The zero-order chi connectivity index (χ0) is 21.4. The van der Waals surface area contributed by atoms with Crippen LogP contribution in [0.2, 0.25) is 5.02 Å². The summed E-state index contributed by atoms with van der Waals surface area (Å²) < 4.78 is 33.9. The summed E-state index contributed by atoms with van der Waals surface area (Å²) in [5.74, 6) is -1.80. The average molecular weight is 450 g/mol. The lowest BCUT2D eigenvalue weighted by Gasteiger charge is -2.20. The first-order valence-electron chi connectivity index (χ1n) is 8.76. The summed E-state index contributed by atoms with van der Waals surface area (Å²) in [4.78, 5) is 24.9. The third kappa shape index (κ3) is 3.86. The van der Waals surface area contributed by atoms with E-state index in [0.29, 0.717) is 21.0 Å². The Labute approximate surface area is 178 Å². The fraction of sp³-hybridized carbons (Fsp3) is 0.150. The second-order valence-electron chi connectivity index (χ2n) is 6.49. The summed E-state index contributed by atoms with van der Waals surface area (Å²) in [6, 6.07) is 6.85. The number of nitrogens with zero attached hydrogens (tertiary/aromatic N) is 2. The summed E-state index contributed by atoms with van der Waals surface area (Å²) in [7, 11) is 1.47. The minimum Gasteiger partial charge on any atom is -0.388 e. The molecule has 1 amide bonds. The predicted octanol–water partition coefficient (Wildman–Crippen LogP) is 4.28. The lowest BCUT2D eigenvalue weighted by atomic mass is 10.1. The number of hydrogen-bond donors (Lipinski definition) is 1. The molecule has 2 atom stereocenters. The second-order valence-corrected chi connectivity index (χ2v) is 7.98. The van der Waals surface area contributed by atoms with E-state index in [1.807, 2.05) is 0 Å². The fourth-order valence-electron chi connectivity index (χ4n) is 2.90. The maximum atomic E-state index is 13.9. The van der Waals surface area contributed by atoms with Crippen LogP contribution in [-0.4, -0.2) is 27.9 Å². The molecule has 0 aliphatic heterocycles. The van der Waals surface area contributed by atoms with E-state index in [2.05, 4.69) is 10.4 Å². The van der Waals surface area contributed by atoms with Crippen molar-refractivity contribution in [1.29, 1.82) is 0 Å². The highest BCUT2D eigenvalue weighted by molar-refractivity contribution is 7.17. The standard InChI is InChI=1S/C20H14ClF2N3O3S/c1-26-20(28)29-19(25-26)10-5-6-12(21)11(9-10)15-7-8-16(30-15)18(27)24-17-13(22)3-2-4-14(17)23/h2-9,13,17H,1H3,(H,24,27). The summed E-state index contributed by atoms with van der Waals surface area (Å²) in [6.45, 7) is 0. The van der Waals surface area contributed by atoms with Crippen molar-refractivity contribution in [2.45, 2.75) is 12.2 Å². The highest BCUT2D eigenvalue weighted by Crippen LogP contribution is 2.36. The van der Waals surface area contributed by atoms with Gasteiger partial charge in [-0.05, 0) is 42.5 Å². The summed E-state index contributed by atoms with van der Waals surface area (Å²) >= 11 is 7.43. The third-order valence-electron chi connectivity index (χ3n) is 4.45. The maximum absolute atomic E-state index is 13.9. The molecule has 6 nitrogen and oxygen atoms in total. The number of halogens is 3. The van der Waals surface area contributed by atoms with Gasteiger partial charge < -0.3 is 9.73 Å². The molecule has 4 rings (SSSR count). The van der Waals surface area contributed by atoms with Gasteiger partial charge in [-0.1, -0.05) is 17.7 Å². The lowest BCUT2D eigenvalue weighted by molar-refractivity contribution is 0.0925. The topological polar surface area (TPSA) is 77.1 Å². The highest BCUT2D eigenvalue weighted by atomic mass is 35.5. The van der Waals surface area contributed by atoms with Gasteiger partial charge in [0.25, 0.3) is 5.91 Å². The Balaban J connectivity index is 1.60. The molecule has 0 bridgehead atoms. The number of rotatable bonds is 4. The van der Waals surface area contributed by atoms with Gasteiger partial charge in [-0.3, -0.25) is 4.79 Å². The van der Waals surface area contributed by atoms with Crippen LogP contribution in [0, 0.1) is 0 Å². The van der Waals surface area contributed by atoms with Crippen LogP contribution in [-0.2, 0) is 7.05 Å². The largest absolute Gasteiger partial charge is 0.437 e. The lowest BCUT2D eigenvalue weighted by Crippen LogP contribution is -2.42. The first kappa shape index (κ1) is 20.2. The number of hydrogen-bond acceptors (Lipinski definition) is 5. The quantitative estimate of drug-likeness (QED) is 0.645. The van der Waals surface area contributed by atoms with Crippen molar-refractivity contribution in [3.8, 4) is 21.9 Å². The zero-order valence-corrected chi connectivity index (χ0v) is 17.0. The Bertz CT molecular complexity index is 1240. The van der Waals surface area contributed by atoms with Gasteiger partial charge in [-0.2, -0.15) is 4.68 Å². The number of carbonyl (C=O) groups excluding carboxylic acids is 1. The van der Waals surface area contributed by atoms with E-state index in [0.717, 1.165) is 22.1 Å². The molecule has 10 heteroatoms. The normalized spacial score (nSPS) is 18.3. The molecule has 1 N–H and O–H groups in total. The highest BCUT2D eigenvalue weighted by Gasteiger charge is 2.28. The molecular formula is C20H14ClF2N3O3S. The van der Waals surface area contributed by atoms with E-state index in [9.17, 15) is 18.4 Å². The Kier molecular flexibility index (Phi) is 5.40. The van der Waals surface area contributed by atoms with Crippen LogP contribution in [0.4, 0.5) is 8.78 Å². The molecule has 2 heterocycles. The van der Waals surface area contributed by atoms with Gasteiger partial charge in [0.1, 0.15) is 18.0 Å². The summed E-state index contributed by atoms with van der Waals surface area (Å²) in [5, 5.41) is 6.79. The molecule has 2 aromatic heterocycles. The van der Waals surface area contributed by atoms with Crippen molar-refractivity contribution in [3.63, 3.8) is 0 Å². The van der Waals surface area contributed by atoms with Crippen molar-refractivity contribution < 1.29 is 18.0 Å². The van der Waals surface area contributed by atoms with Crippen LogP contribution >= 0.6 is 22.9 Å². The molecular weight excluding hydrogens is 436 g/mol. The molecule has 0 saturated heterocycles. The van der Waals surface area contributed by atoms with E-state index < -0.39 is 29.7 Å². The third-order valence-corrected chi connectivity index (χ3v) is 5.90. The number of allylic oxidation sites excluding steroid dienone is 2. The molecule has 3 aromatic rings. The van der Waals surface area contributed by atoms with Gasteiger partial charge >= 0.3 is 5.76 Å². The van der Waals surface area contributed by atoms with Crippen LogP contribution in [0.5, 0.6) is 0 Å². The smallest absolute Gasteiger partial charge is 0.388 e. The maximum Gasteiger partial charge on any atom is 0.437 e. The molecule has 0 radical (unpaired) electrons. The Morgan fingerprint density at radius 3 is 2.83 bits per heavy atom. The Hall–Kier alpha value is -3.04. The zero-order valence-electron chi connectivity index (χ0n) is 15.4.